The van der Waals surface area contributed by atoms with E-state index in [1.165, 1.54) is 17.4 Å². The molecule has 1 amide bonds. The number of thiol groups is 1. The maximum absolute atomic E-state index is 12.9. The molecule has 0 saturated heterocycles. The number of halogens is 3. The van der Waals surface area contributed by atoms with E-state index in [0.717, 1.165) is 37.8 Å². The minimum absolute atomic E-state index is 0.192. The van der Waals surface area contributed by atoms with E-state index in [4.69, 9.17) is 0 Å². The molecule has 3 nitrogen and oxygen atoms in total. The first-order valence-electron chi connectivity index (χ1n) is 8.45. The third-order valence-corrected chi connectivity index (χ3v) is 5.83. The molecule has 140 valence electrons. The molecule has 1 fully saturated rings. The van der Waals surface area contributed by atoms with Crippen LogP contribution in [0.5, 0.6) is 0 Å². The van der Waals surface area contributed by atoms with E-state index in [1.54, 1.807) is 11.6 Å². The largest absolute Gasteiger partial charge is 0.416 e. The zero-order chi connectivity index (χ0) is 18.7. The Kier molecular flexibility index (Phi) is 5.92. The van der Waals surface area contributed by atoms with Crippen molar-refractivity contribution < 1.29 is 18.0 Å². The molecule has 1 N–H and O–H groups in total. The summed E-state index contributed by atoms with van der Waals surface area (Å²) in [6.07, 6.45) is 2.12. The molecular formula is C18H19F3N2OS2. The van der Waals surface area contributed by atoms with Gasteiger partial charge in [0.2, 0.25) is 5.91 Å². The number of carbonyl (C=O) groups excluding carboxylic acids is 1. The molecule has 0 spiro atoms. The van der Waals surface area contributed by atoms with Crippen LogP contribution in [-0.4, -0.2) is 10.9 Å². The first-order chi connectivity index (χ1) is 12.3. The normalized spacial score (nSPS) is 16.6. The van der Waals surface area contributed by atoms with Crippen molar-refractivity contribution in [1.29, 1.82) is 0 Å². The highest BCUT2D eigenvalue weighted by molar-refractivity contribution is 7.80. The van der Waals surface area contributed by atoms with E-state index in [0.29, 0.717) is 23.0 Å². The summed E-state index contributed by atoms with van der Waals surface area (Å²) in [6, 6.07) is 3.40. The fourth-order valence-electron chi connectivity index (χ4n) is 3.45. The Hall–Kier alpha value is -1.54. The molecule has 1 aliphatic carbocycles. The van der Waals surface area contributed by atoms with Gasteiger partial charge in [-0.1, -0.05) is 31.7 Å². The van der Waals surface area contributed by atoms with Gasteiger partial charge in [-0.05, 0) is 30.0 Å². The number of nitrogens with zero attached hydrogens (tertiary/aromatic N) is 1. The first kappa shape index (κ1) is 19.2. The third-order valence-electron chi connectivity index (χ3n) is 4.76. The highest BCUT2D eigenvalue weighted by Crippen LogP contribution is 2.39. The lowest BCUT2D eigenvalue weighted by Gasteiger charge is -2.22. The van der Waals surface area contributed by atoms with Crippen LogP contribution < -0.4 is 5.32 Å². The van der Waals surface area contributed by atoms with Gasteiger partial charge in [0.25, 0.3) is 0 Å². The van der Waals surface area contributed by atoms with Crippen molar-refractivity contribution in [1.82, 2.24) is 4.98 Å². The van der Waals surface area contributed by atoms with Gasteiger partial charge in [-0.3, -0.25) is 4.79 Å². The molecule has 1 saturated carbocycles. The van der Waals surface area contributed by atoms with Crippen molar-refractivity contribution in [3.05, 3.63) is 40.9 Å². The zero-order valence-corrected chi connectivity index (χ0v) is 15.6. The van der Waals surface area contributed by atoms with Crippen molar-refractivity contribution in [3.63, 3.8) is 0 Å². The van der Waals surface area contributed by atoms with Crippen molar-refractivity contribution in [2.45, 2.75) is 49.1 Å². The van der Waals surface area contributed by atoms with E-state index >= 15 is 0 Å². The summed E-state index contributed by atoms with van der Waals surface area (Å²) in [5, 5.41) is 5.02. The van der Waals surface area contributed by atoms with Gasteiger partial charge in [0.05, 0.1) is 11.5 Å². The lowest BCUT2D eigenvalue weighted by Crippen LogP contribution is -2.23. The van der Waals surface area contributed by atoms with Gasteiger partial charge in [-0.2, -0.15) is 13.2 Å². The second-order valence-electron chi connectivity index (χ2n) is 6.54. The number of amides is 1. The monoisotopic (exact) mass is 400 g/mol. The molecule has 26 heavy (non-hydrogen) atoms. The number of carbonyl (C=O) groups is 1. The van der Waals surface area contributed by atoms with Crippen LogP contribution in [0, 0.1) is 5.92 Å². The zero-order valence-electron chi connectivity index (χ0n) is 13.9. The summed E-state index contributed by atoms with van der Waals surface area (Å²) in [5.41, 5.74) is -0.228. The molecule has 1 heterocycles. The smallest absolute Gasteiger partial charge is 0.301 e. The summed E-state index contributed by atoms with van der Waals surface area (Å²) in [6.45, 7) is 0. The van der Waals surface area contributed by atoms with E-state index in [-0.39, 0.29) is 10.8 Å². The standard InChI is InChI=1S/C18H19F3N2OS2/c19-18(20,21)12-5-6-13(15(25)10-12)14(9-11-3-1-2-4-11)16(24)23-17-22-7-8-26-17/h5-8,10-11,14,25H,1-4,9H2,(H,22,23,24). The predicted octanol–water partition coefficient (Wildman–Crippen LogP) is 5.75. The van der Waals surface area contributed by atoms with Gasteiger partial charge in [0.15, 0.2) is 5.13 Å². The van der Waals surface area contributed by atoms with Gasteiger partial charge in [0, 0.05) is 16.5 Å². The fourth-order valence-corrected chi connectivity index (χ4v) is 4.35. The highest BCUT2D eigenvalue weighted by atomic mass is 32.1. The summed E-state index contributed by atoms with van der Waals surface area (Å²) >= 11 is 5.56. The summed E-state index contributed by atoms with van der Waals surface area (Å²) in [7, 11) is 0. The fraction of sp³-hybridized carbons (Fsp3) is 0.444. The van der Waals surface area contributed by atoms with Crippen molar-refractivity contribution in [2.24, 2.45) is 5.92 Å². The van der Waals surface area contributed by atoms with Gasteiger partial charge in [0.1, 0.15) is 0 Å². The quantitative estimate of drug-likeness (QED) is 0.627. The van der Waals surface area contributed by atoms with Crippen LogP contribution in [-0.2, 0) is 11.0 Å². The number of alkyl halides is 3. The summed E-state index contributed by atoms with van der Waals surface area (Å²) in [4.78, 5) is 17.1. The summed E-state index contributed by atoms with van der Waals surface area (Å²) in [5.74, 6) is -0.393. The lowest BCUT2D eigenvalue weighted by atomic mass is 9.86. The molecule has 2 aromatic rings. The number of nitrogens with one attached hydrogen (secondary N) is 1. The molecule has 1 atom stereocenters. The van der Waals surface area contributed by atoms with Crippen molar-refractivity contribution >= 4 is 35.0 Å². The average Bonchev–Trinajstić information content (AvgIpc) is 3.25. The molecule has 3 rings (SSSR count). The van der Waals surface area contributed by atoms with Crippen LogP contribution in [0.3, 0.4) is 0 Å². The van der Waals surface area contributed by atoms with E-state index in [2.05, 4.69) is 22.9 Å². The Bertz CT molecular complexity index is 756. The summed E-state index contributed by atoms with van der Waals surface area (Å²) < 4.78 is 38.8. The molecule has 1 unspecified atom stereocenters. The SMILES string of the molecule is O=C(Nc1nccs1)C(CC1CCCC1)c1ccc(C(F)(F)F)cc1S. The molecule has 0 aliphatic heterocycles. The molecular weight excluding hydrogens is 381 g/mol. The molecule has 1 aromatic carbocycles. The Balaban J connectivity index is 1.87. The van der Waals surface area contributed by atoms with Gasteiger partial charge < -0.3 is 5.32 Å². The van der Waals surface area contributed by atoms with Gasteiger partial charge in [-0.25, -0.2) is 4.98 Å². The van der Waals surface area contributed by atoms with Crippen LogP contribution in [0.2, 0.25) is 0 Å². The Morgan fingerprint density at radius 2 is 2.08 bits per heavy atom. The number of rotatable bonds is 5. The van der Waals surface area contributed by atoms with Gasteiger partial charge in [-0.15, -0.1) is 24.0 Å². The van der Waals surface area contributed by atoms with Crippen LogP contribution in [0.4, 0.5) is 18.3 Å². The molecule has 1 aliphatic rings. The van der Waals surface area contributed by atoms with E-state index < -0.39 is 17.7 Å². The molecule has 8 heteroatoms. The third kappa shape index (κ3) is 4.59. The minimum Gasteiger partial charge on any atom is -0.301 e. The average molecular weight is 400 g/mol. The number of anilines is 1. The van der Waals surface area contributed by atoms with Crippen molar-refractivity contribution in [3.8, 4) is 0 Å². The van der Waals surface area contributed by atoms with Gasteiger partial charge >= 0.3 is 6.18 Å². The first-order valence-corrected chi connectivity index (χ1v) is 9.77. The lowest BCUT2D eigenvalue weighted by molar-refractivity contribution is -0.137. The van der Waals surface area contributed by atoms with Crippen molar-refractivity contribution in [2.75, 3.05) is 5.32 Å². The maximum Gasteiger partial charge on any atom is 0.416 e. The number of hydrogen-bond donors (Lipinski definition) is 2. The molecule has 0 bridgehead atoms. The molecule has 1 aromatic heterocycles. The van der Waals surface area contributed by atoms with Crippen LogP contribution in [0.25, 0.3) is 0 Å². The Morgan fingerprint density at radius 1 is 1.35 bits per heavy atom. The Morgan fingerprint density at radius 3 is 2.65 bits per heavy atom. The van der Waals surface area contributed by atoms with E-state index in [1.807, 2.05) is 0 Å². The second-order valence-corrected chi connectivity index (χ2v) is 7.91. The van der Waals surface area contributed by atoms with Crippen LogP contribution >= 0.6 is 24.0 Å². The second kappa shape index (κ2) is 8.00. The number of benzene rings is 1. The topological polar surface area (TPSA) is 42.0 Å². The number of hydrogen-bond acceptors (Lipinski definition) is 4. The minimum atomic E-state index is -4.43. The molecule has 0 radical (unpaired) electrons. The van der Waals surface area contributed by atoms with E-state index in [9.17, 15) is 18.0 Å². The number of aromatic nitrogens is 1. The van der Waals surface area contributed by atoms with Crippen LogP contribution in [0.15, 0.2) is 34.7 Å². The predicted molar refractivity (Wildman–Crippen MR) is 98.8 cm³/mol. The number of thiazole rings is 1. The maximum atomic E-state index is 12.9. The highest BCUT2D eigenvalue weighted by Gasteiger charge is 2.33. The van der Waals surface area contributed by atoms with Crippen LogP contribution in [0.1, 0.15) is 49.1 Å². The Labute approximate surface area is 159 Å².